The number of aliphatic hydroxyl groups excluding tert-OH is 1. The van der Waals surface area contributed by atoms with Crippen LogP contribution < -0.4 is 0 Å². The van der Waals surface area contributed by atoms with E-state index in [9.17, 15) is 0 Å². The molecule has 0 bridgehead atoms. The molecular weight excluding hydrogens is 124 g/mol. The highest BCUT2D eigenvalue weighted by Gasteiger charge is 2.34. The molecule has 1 nitrogen and oxygen atoms in total. The SMILES string of the molecule is CCC1(CO)CCC(C)C1. The molecule has 1 rings (SSSR count). The number of rotatable bonds is 2. The second-order valence-electron chi connectivity index (χ2n) is 3.86. The van der Waals surface area contributed by atoms with Gasteiger partial charge in [0.05, 0.1) is 0 Å². The molecular formula is C9H18O. The average molecular weight is 142 g/mol. The quantitative estimate of drug-likeness (QED) is 0.626. The molecule has 0 aromatic rings. The molecule has 0 amide bonds. The fraction of sp³-hybridized carbons (Fsp3) is 1.00. The molecule has 0 saturated heterocycles. The van der Waals surface area contributed by atoms with Crippen molar-refractivity contribution in [2.45, 2.75) is 39.5 Å². The van der Waals surface area contributed by atoms with Crippen LogP contribution in [0.2, 0.25) is 0 Å². The van der Waals surface area contributed by atoms with Gasteiger partial charge in [-0.1, -0.05) is 20.3 Å². The largest absolute Gasteiger partial charge is 0.396 e. The van der Waals surface area contributed by atoms with E-state index in [1.54, 1.807) is 0 Å². The summed E-state index contributed by atoms with van der Waals surface area (Å²) >= 11 is 0. The van der Waals surface area contributed by atoms with E-state index in [1.165, 1.54) is 19.3 Å². The van der Waals surface area contributed by atoms with Gasteiger partial charge in [0.1, 0.15) is 0 Å². The van der Waals surface area contributed by atoms with Crippen molar-refractivity contribution in [1.82, 2.24) is 0 Å². The molecule has 0 spiro atoms. The van der Waals surface area contributed by atoms with E-state index in [-0.39, 0.29) is 0 Å². The maximum Gasteiger partial charge on any atom is 0.0487 e. The first-order valence-corrected chi connectivity index (χ1v) is 4.33. The molecule has 60 valence electrons. The summed E-state index contributed by atoms with van der Waals surface area (Å²) in [5, 5.41) is 9.13. The lowest BCUT2D eigenvalue weighted by atomic mass is 9.84. The van der Waals surface area contributed by atoms with E-state index in [1.807, 2.05) is 0 Å². The van der Waals surface area contributed by atoms with Crippen LogP contribution in [0, 0.1) is 11.3 Å². The van der Waals surface area contributed by atoms with Crippen LogP contribution in [0.5, 0.6) is 0 Å². The van der Waals surface area contributed by atoms with Gasteiger partial charge in [-0.15, -0.1) is 0 Å². The number of hydrogen-bond acceptors (Lipinski definition) is 1. The monoisotopic (exact) mass is 142 g/mol. The molecule has 2 atom stereocenters. The van der Waals surface area contributed by atoms with Gasteiger partial charge in [0.25, 0.3) is 0 Å². The molecule has 0 aromatic carbocycles. The molecule has 0 radical (unpaired) electrons. The van der Waals surface area contributed by atoms with E-state index >= 15 is 0 Å². The topological polar surface area (TPSA) is 20.2 Å². The van der Waals surface area contributed by atoms with Crippen LogP contribution in [0.25, 0.3) is 0 Å². The zero-order valence-corrected chi connectivity index (χ0v) is 7.06. The van der Waals surface area contributed by atoms with Crippen molar-refractivity contribution in [3.63, 3.8) is 0 Å². The highest BCUT2D eigenvalue weighted by molar-refractivity contribution is 4.85. The summed E-state index contributed by atoms with van der Waals surface area (Å²) in [4.78, 5) is 0. The van der Waals surface area contributed by atoms with E-state index in [0.717, 1.165) is 12.3 Å². The Labute approximate surface area is 63.4 Å². The maximum absolute atomic E-state index is 9.13. The maximum atomic E-state index is 9.13. The van der Waals surface area contributed by atoms with Crippen LogP contribution in [0.1, 0.15) is 39.5 Å². The Morgan fingerprint density at radius 2 is 2.30 bits per heavy atom. The van der Waals surface area contributed by atoms with Gasteiger partial charge in [0.15, 0.2) is 0 Å². The average Bonchev–Trinajstić information content (AvgIpc) is 2.33. The first-order chi connectivity index (χ1) is 4.72. The van der Waals surface area contributed by atoms with Crippen LogP contribution in [0.15, 0.2) is 0 Å². The van der Waals surface area contributed by atoms with Gasteiger partial charge in [-0.3, -0.25) is 0 Å². The van der Waals surface area contributed by atoms with Gasteiger partial charge >= 0.3 is 0 Å². The van der Waals surface area contributed by atoms with Gasteiger partial charge in [-0.2, -0.15) is 0 Å². The van der Waals surface area contributed by atoms with Gasteiger partial charge in [0.2, 0.25) is 0 Å². The third kappa shape index (κ3) is 1.34. The molecule has 0 aromatic heterocycles. The Morgan fingerprint density at radius 3 is 2.50 bits per heavy atom. The van der Waals surface area contributed by atoms with Gasteiger partial charge < -0.3 is 5.11 Å². The van der Waals surface area contributed by atoms with Crippen molar-refractivity contribution >= 4 is 0 Å². The van der Waals surface area contributed by atoms with E-state index < -0.39 is 0 Å². The van der Waals surface area contributed by atoms with E-state index in [2.05, 4.69) is 13.8 Å². The molecule has 10 heavy (non-hydrogen) atoms. The fourth-order valence-electron chi connectivity index (χ4n) is 2.07. The first kappa shape index (κ1) is 8.06. The van der Waals surface area contributed by atoms with Crippen LogP contribution in [-0.2, 0) is 0 Å². The second-order valence-corrected chi connectivity index (χ2v) is 3.86. The highest BCUT2D eigenvalue weighted by atomic mass is 16.3. The summed E-state index contributed by atoms with van der Waals surface area (Å²) in [7, 11) is 0. The molecule has 0 heterocycles. The zero-order chi connectivity index (χ0) is 7.61. The van der Waals surface area contributed by atoms with Crippen molar-refractivity contribution in [1.29, 1.82) is 0 Å². The Balaban J connectivity index is 2.51. The summed E-state index contributed by atoms with van der Waals surface area (Å²) in [5.41, 5.74) is 0.305. The smallest absolute Gasteiger partial charge is 0.0487 e. The Bertz CT molecular complexity index is 105. The molecule has 1 aliphatic carbocycles. The van der Waals surface area contributed by atoms with Gasteiger partial charge in [0, 0.05) is 6.61 Å². The zero-order valence-electron chi connectivity index (χ0n) is 7.06. The Kier molecular flexibility index (Phi) is 2.35. The minimum Gasteiger partial charge on any atom is -0.396 e. The molecule has 2 unspecified atom stereocenters. The highest BCUT2D eigenvalue weighted by Crippen LogP contribution is 2.43. The predicted octanol–water partition coefficient (Wildman–Crippen LogP) is 2.20. The lowest BCUT2D eigenvalue weighted by molar-refractivity contribution is 0.122. The van der Waals surface area contributed by atoms with Crippen LogP contribution >= 0.6 is 0 Å². The molecule has 1 heteroatoms. The lowest BCUT2D eigenvalue weighted by Crippen LogP contribution is -2.20. The van der Waals surface area contributed by atoms with Crippen LogP contribution in [-0.4, -0.2) is 11.7 Å². The van der Waals surface area contributed by atoms with E-state index in [4.69, 9.17) is 5.11 Å². The van der Waals surface area contributed by atoms with Crippen molar-refractivity contribution in [2.75, 3.05) is 6.61 Å². The van der Waals surface area contributed by atoms with Gasteiger partial charge in [-0.05, 0) is 30.6 Å². The van der Waals surface area contributed by atoms with Crippen molar-refractivity contribution in [3.05, 3.63) is 0 Å². The van der Waals surface area contributed by atoms with Crippen molar-refractivity contribution in [3.8, 4) is 0 Å². The second kappa shape index (κ2) is 2.91. The van der Waals surface area contributed by atoms with E-state index in [0.29, 0.717) is 12.0 Å². The number of hydrogen-bond donors (Lipinski definition) is 1. The predicted molar refractivity (Wildman–Crippen MR) is 42.8 cm³/mol. The minimum atomic E-state index is 0.305. The molecule has 1 saturated carbocycles. The van der Waals surface area contributed by atoms with Crippen molar-refractivity contribution < 1.29 is 5.11 Å². The normalized spacial score (nSPS) is 40.5. The summed E-state index contributed by atoms with van der Waals surface area (Å²) in [6.45, 7) is 4.87. The number of aliphatic hydroxyl groups is 1. The van der Waals surface area contributed by atoms with Gasteiger partial charge in [-0.25, -0.2) is 0 Å². The van der Waals surface area contributed by atoms with Crippen LogP contribution in [0.3, 0.4) is 0 Å². The third-order valence-electron chi connectivity index (χ3n) is 3.03. The van der Waals surface area contributed by atoms with Crippen molar-refractivity contribution in [2.24, 2.45) is 11.3 Å². The summed E-state index contributed by atoms with van der Waals surface area (Å²) in [6, 6.07) is 0. The lowest BCUT2D eigenvalue weighted by Gasteiger charge is -2.24. The van der Waals surface area contributed by atoms with Crippen LogP contribution in [0.4, 0.5) is 0 Å². The minimum absolute atomic E-state index is 0.305. The first-order valence-electron chi connectivity index (χ1n) is 4.33. The Hall–Kier alpha value is -0.0400. The third-order valence-corrected chi connectivity index (χ3v) is 3.03. The summed E-state index contributed by atoms with van der Waals surface area (Å²) in [6.07, 6.45) is 4.93. The molecule has 0 aliphatic heterocycles. The molecule has 1 aliphatic rings. The Morgan fingerprint density at radius 1 is 1.60 bits per heavy atom. The standard InChI is InChI=1S/C9H18O/c1-3-9(7-10)5-4-8(2)6-9/h8,10H,3-7H2,1-2H3. The molecule has 1 fully saturated rings. The summed E-state index contributed by atoms with van der Waals surface area (Å²) < 4.78 is 0. The fourth-order valence-corrected chi connectivity index (χ4v) is 2.07. The molecule has 1 N–H and O–H groups in total. The summed E-state index contributed by atoms with van der Waals surface area (Å²) in [5.74, 6) is 0.840.